The van der Waals surface area contributed by atoms with Crippen LogP contribution in [0.5, 0.6) is 0 Å². The second-order valence-electron chi connectivity index (χ2n) is 5.92. The number of imide groups is 1. The van der Waals surface area contributed by atoms with Crippen LogP contribution < -0.4 is 5.32 Å². The first kappa shape index (κ1) is 20.7. The molecule has 3 amide bonds. The number of benzene rings is 2. The number of amides is 3. The predicted octanol–water partition coefficient (Wildman–Crippen LogP) is 5.63. The first-order valence-electron chi connectivity index (χ1n) is 8.01. The smallest absolute Gasteiger partial charge is 0.294 e. The lowest BCUT2D eigenvalue weighted by molar-refractivity contribution is -0.127. The highest BCUT2D eigenvalue weighted by atomic mass is 35.5. The molecule has 9 heteroatoms. The first-order valence-corrected chi connectivity index (χ1v) is 9.96. The second kappa shape index (κ2) is 8.57. The molecule has 0 atom stereocenters. The molecule has 2 aromatic carbocycles. The highest BCUT2D eigenvalue weighted by Gasteiger charge is 2.36. The number of thioether (sulfide) groups is 1. The number of carbonyl (C=O) groups is 3. The van der Waals surface area contributed by atoms with E-state index in [1.165, 1.54) is 6.08 Å². The Kier molecular flexibility index (Phi) is 6.35. The fourth-order valence-corrected chi connectivity index (χ4v) is 3.94. The van der Waals surface area contributed by atoms with E-state index in [1.54, 1.807) is 36.4 Å². The van der Waals surface area contributed by atoms with Crippen LogP contribution in [0.3, 0.4) is 0 Å². The molecule has 1 aliphatic rings. The van der Waals surface area contributed by atoms with Crippen molar-refractivity contribution in [2.45, 2.75) is 6.92 Å². The number of hydrogen-bond acceptors (Lipinski definition) is 4. The molecule has 1 heterocycles. The standard InChI is InChI=1S/C19H13Cl3N2O3S/c1-10-5-6-11(7-15(10)22)23-17(25)9-24-18(26)16(28-19(24)27)8-12-13(20)3-2-4-14(12)21/h2-8H,9H2,1H3,(H,23,25)/b16-8+. The van der Waals surface area contributed by atoms with Crippen LogP contribution in [-0.4, -0.2) is 28.5 Å². The molecule has 5 nitrogen and oxygen atoms in total. The minimum atomic E-state index is -0.580. The van der Waals surface area contributed by atoms with Crippen molar-refractivity contribution in [1.29, 1.82) is 0 Å². The Morgan fingerprint density at radius 1 is 1.11 bits per heavy atom. The maximum Gasteiger partial charge on any atom is 0.294 e. The van der Waals surface area contributed by atoms with Crippen LogP contribution in [0.2, 0.25) is 15.1 Å². The van der Waals surface area contributed by atoms with Gasteiger partial charge in [-0.05, 0) is 54.6 Å². The van der Waals surface area contributed by atoms with Crippen LogP contribution in [0.15, 0.2) is 41.3 Å². The van der Waals surface area contributed by atoms with Gasteiger partial charge >= 0.3 is 0 Å². The maximum absolute atomic E-state index is 12.6. The van der Waals surface area contributed by atoms with Gasteiger partial charge in [0.1, 0.15) is 6.54 Å². The molecule has 0 aromatic heterocycles. The molecule has 0 spiro atoms. The SMILES string of the molecule is Cc1ccc(NC(=O)CN2C(=O)S/C(=C/c3c(Cl)cccc3Cl)C2=O)cc1Cl. The van der Waals surface area contributed by atoms with Crippen LogP contribution in [0.4, 0.5) is 10.5 Å². The van der Waals surface area contributed by atoms with Crippen molar-refractivity contribution in [1.82, 2.24) is 4.90 Å². The van der Waals surface area contributed by atoms with E-state index in [1.807, 2.05) is 6.92 Å². The highest BCUT2D eigenvalue weighted by molar-refractivity contribution is 8.18. The molecule has 0 saturated carbocycles. The summed E-state index contributed by atoms with van der Waals surface area (Å²) in [5.74, 6) is -1.10. The Morgan fingerprint density at radius 2 is 1.79 bits per heavy atom. The molecule has 1 fully saturated rings. The summed E-state index contributed by atoms with van der Waals surface area (Å²) in [5, 5.41) is 3.29. The molecule has 2 aromatic rings. The summed E-state index contributed by atoms with van der Waals surface area (Å²) in [5.41, 5.74) is 1.79. The lowest BCUT2D eigenvalue weighted by Gasteiger charge is -2.13. The van der Waals surface area contributed by atoms with E-state index in [2.05, 4.69) is 5.32 Å². The summed E-state index contributed by atoms with van der Waals surface area (Å²) in [6.45, 7) is 1.43. The van der Waals surface area contributed by atoms with Gasteiger partial charge in [0.05, 0.1) is 4.91 Å². The largest absolute Gasteiger partial charge is 0.324 e. The molecular formula is C19H13Cl3N2O3S. The molecule has 144 valence electrons. The first-order chi connectivity index (χ1) is 13.3. The average molecular weight is 456 g/mol. The minimum Gasteiger partial charge on any atom is -0.324 e. The summed E-state index contributed by atoms with van der Waals surface area (Å²) in [6.07, 6.45) is 1.45. The Labute approximate surface area is 180 Å². The van der Waals surface area contributed by atoms with E-state index in [0.29, 0.717) is 26.3 Å². The van der Waals surface area contributed by atoms with Gasteiger partial charge in [-0.3, -0.25) is 19.3 Å². The van der Waals surface area contributed by atoms with Crippen molar-refractivity contribution in [3.63, 3.8) is 0 Å². The van der Waals surface area contributed by atoms with Crippen molar-refractivity contribution >= 4 is 75.4 Å². The molecule has 0 bridgehead atoms. The number of nitrogens with one attached hydrogen (secondary N) is 1. The van der Waals surface area contributed by atoms with Crippen molar-refractivity contribution < 1.29 is 14.4 Å². The number of nitrogens with zero attached hydrogens (tertiary/aromatic N) is 1. The van der Waals surface area contributed by atoms with Gasteiger partial charge in [0, 0.05) is 26.3 Å². The molecule has 0 unspecified atom stereocenters. The number of hydrogen-bond donors (Lipinski definition) is 1. The van der Waals surface area contributed by atoms with Gasteiger partial charge < -0.3 is 5.32 Å². The fraction of sp³-hybridized carbons (Fsp3) is 0.105. The average Bonchev–Trinajstić information content (AvgIpc) is 2.89. The number of rotatable bonds is 4. The second-order valence-corrected chi connectivity index (χ2v) is 8.13. The van der Waals surface area contributed by atoms with Gasteiger partial charge in [-0.25, -0.2) is 0 Å². The number of aryl methyl sites for hydroxylation is 1. The molecule has 0 radical (unpaired) electrons. The summed E-state index contributed by atoms with van der Waals surface area (Å²) >= 11 is 19.0. The Hall–Kier alpha value is -1.99. The predicted molar refractivity (Wildman–Crippen MR) is 114 cm³/mol. The van der Waals surface area contributed by atoms with Crippen LogP contribution in [0.25, 0.3) is 6.08 Å². The quantitative estimate of drug-likeness (QED) is 0.607. The zero-order valence-corrected chi connectivity index (χ0v) is 17.5. The van der Waals surface area contributed by atoms with Crippen molar-refractivity contribution in [2.24, 2.45) is 0 Å². The summed E-state index contributed by atoms with van der Waals surface area (Å²) in [7, 11) is 0. The van der Waals surface area contributed by atoms with Crippen LogP contribution in [0.1, 0.15) is 11.1 Å². The molecule has 3 rings (SSSR count). The van der Waals surface area contributed by atoms with Gasteiger partial charge in [0.2, 0.25) is 5.91 Å². The molecule has 1 saturated heterocycles. The molecule has 1 aliphatic heterocycles. The third kappa shape index (κ3) is 4.52. The zero-order valence-electron chi connectivity index (χ0n) is 14.5. The molecular weight excluding hydrogens is 443 g/mol. The van der Waals surface area contributed by atoms with E-state index in [9.17, 15) is 14.4 Å². The van der Waals surface area contributed by atoms with E-state index >= 15 is 0 Å². The van der Waals surface area contributed by atoms with E-state index in [4.69, 9.17) is 34.8 Å². The lowest BCUT2D eigenvalue weighted by Crippen LogP contribution is -2.36. The van der Waals surface area contributed by atoms with Crippen molar-refractivity contribution in [3.8, 4) is 0 Å². The van der Waals surface area contributed by atoms with Crippen LogP contribution in [-0.2, 0) is 9.59 Å². The summed E-state index contributed by atoms with van der Waals surface area (Å²) in [4.78, 5) is 38.0. The third-order valence-corrected chi connectivity index (χ3v) is 5.88. The Morgan fingerprint density at radius 3 is 2.43 bits per heavy atom. The van der Waals surface area contributed by atoms with Gasteiger partial charge in [0.15, 0.2) is 0 Å². The fourth-order valence-electron chi connectivity index (χ4n) is 2.43. The zero-order chi connectivity index (χ0) is 20.4. The topological polar surface area (TPSA) is 66.5 Å². The Bertz CT molecular complexity index is 1000. The lowest BCUT2D eigenvalue weighted by atomic mass is 10.2. The van der Waals surface area contributed by atoms with Gasteiger partial charge in [-0.15, -0.1) is 0 Å². The Balaban J connectivity index is 1.74. The normalized spacial score (nSPS) is 15.4. The molecule has 28 heavy (non-hydrogen) atoms. The van der Waals surface area contributed by atoms with Gasteiger partial charge in [-0.2, -0.15) is 0 Å². The number of anilines is 1. The molecule has 0 aliphatic carbocycles. The minimum absolute atomic E-state index is 0.145. The molecule has 1 N–H and O–H groups in total. The van der Waals surface area contributed by atoms with E-state index in [-0.39, 0.29) is 4.91 Å². The number of carbonyl (C=O) groups excluding carboxylic acids is 3. The summed E-state index contributed by atoms with van der Waals surface area (Å²) in [6, 6.07) is 9.98. The summed E-state index contributed by atoms with van der Waals surface area (Å²) < 4.78 is 0. The van der Waals surface area contributed by atoms with Crippen LogP contribution >= 0.6 is 46.6 Å². The number of halogens is 3. The van der Waals surface area contributed by atoms with E-state index in [0.717, 1.165) is 22.2 Å². The highest BCUT2D eigenvalue weighted by Crippen LogP contribution is 2.35. The van der Waals surface area contributed by atoms with Gasteiger partial charge in [-0.1, -0.05) is 46.9 Å². The van der Waals surface area contributed by atoms with Crippen molar-refractivity contribution in [2.75, 3.05) is 11.9 Å². The van der Waals surface area contributed by atoms with E-state index < -0.39 is 23.6 Å². The maximum atomic E-state index is 12.6. The van der Waals surface area contributed by atoms with Gasteiger partial charge in [0.25, 0.3) is 11.1 Å². The third-order valence-electron chi connectivity index (χ3n) is 3.91. The van der Waals surface area contributed by atoms with Crippen LogP contribution in [0, 0.1) is 6.92 Å². The van der Waals surface area contributed by atoms with Crippen molar-refractivity contribution in [3.05, 3.63) is 67.5 Å². The monoisotopic (exact) mass is 454 g/mol.